The van der Waals surface area contributed by atoms with Crippen molar-refractivity contribution >= 4 is 57.1 Å². The van der Waals surface area contributed by atoms with E-state index in [1.807, 2.05) is 55.1 Å². The van der Waals surface area contributed by atoms with Crippen molar-refractivity contribution in [3.63, 3.8) is 0 Å². The van der Waals surface area contributed by atoms with E-state index in [1.54, 1.807) is 21.6 Å². The van der Waals surface area contributed by atoms with Gasteiger partial charge in [-0.1, -0.05) is 61.8 Å². The number of piperazine rings is 1. The molecule has 0 bridgehead atoms. The van der Waals surface area contributed by atoms with Crippen LogP contribution in [0.2, 0.25) is 10.0 Å². The average molecular weight is 615 g/mol. The second kappa shape index (κ2) is 11.8. The molecular weight excluding hydrogens is 581 g/mol. The average Bonchev–Trinajstić information content (AvgIpc) is 2.98. The van der Waals surface area contributed by atoms with Crippen LogP contribution in [0.25, 0.3) is 32.6 Å². The minimum atomic E-state index is -0.425. The fraction of sp³-hybridized carbons (Fsp3) is 0.265. The molecule has 1 fully saturated rings. The highest BCUT2D eigenvalue weighted by atomic mass is 35.5. The van der Waals surface area contributed by atoms with E-state index in [2.05, 4.69) is 25.3 Å². The zero-order chi connectivity index (χ0) is 31.2. The predicted molar refractivity (Wildman–Crippen MR) is 178 cm³/mol. The van der Waals surface area contributed by atoms with Crippen molar-refractivity contribution in [3.8, 4) is 16.8 Å². The molecule has 2 N–H and O–H groups in total. The molecule has 0 spiro atoms. The molecule has 1 amide bonds. The summed E-state index contributed by atoms with van der Waals surface area (Å²) in [5.74, 6) is -0.0349. The van der Waals surface area contributed by atoms with Crippen LogP contribution in [0, 0.1) is 13.5 Å². The van der Waals surface area contributed by atoms with Crippen LogP contribution in [0.3, 0.4) is 0 Å². The number of carbonyl (C=O) groups excluding carboxylic acids is 1. The number of halogens is 2. The quantitative estimate of drug-likeness (QED) is 0.142. The molecule has 0 aliphatic carbocycles. The van der Waals surface area contributed by atoms with Gasteiger partial charge >= 0.3 is 0 Å². The Bertz CT molecular complexity index is 1890. The number of carbonyl (C=O) groups is 1. The van der Waals surface area contributed by atoms with E-state index in [1.165, 1.54) is 6.08 Å². The molecule has 3 aromatic carbocycles. The molecule has 0 unspecified atom stereocenters. The van der Waals surface area contributed by atoms with Crippen LogP contribution in [0.1, 0.15) is 37.8 Å². The molecule has 1 atom stereocenters. The number of benzene rings is 3. The highest BCUT2D eigenvalue weighted by Gasteiger charge is 2.31. The molecule has 2 heterocycles. The first-order chi connectivity index (χ1) is 20.5. The van der Waals surface area contributed by atoms with Gasteiger partial charge in [0.1, 0.15) is 0 Å². The number of fused-ring (bicyclic) bond motifs is 1. The van der Waals surface area contributed by atoms with Crippen molar-refractivity contribution in [2.24, 2.45) is 0 Å². The first kappa shape index (κ1) is 30.2. The summed E-state index contributed by atoms with van der Waals surface area (Å²) in [5, 5.41) is 1.59. The monoisotopic (exact) mass is 613 g/mol. The van der Waals surface area contributed by atoms with Crippen LogP contribution in [-0.4, -0.2) is 41.1 Å². The van der Waals surface area contributed by atoms with Crippen LogP contribution >= 0.6 is 23.2 Å². The molecule has 220 valence electrons. The summed E-state index contributed by atoms with van der Waals surface area (Å²) in [4.78, 5) is 34.4. The maximum absolute atomic E-state index is 14.5. The third-order valence-electron chi connectivity index (χ3n) is 8.17. The molecule has 43 heavy (non-hydrogen) atoms. The van der Waals surface area contributed by atoms with Crippen molar-refractivity contribution < 1.29 is 4.79 Å². The molecule has 0 saturated carbocycles. The lowest BCUT2D eigenvalue weighted by Crippen LogP contribution is -2.53. The zero-order valence-electron chi connectivity index (χ0n) is 24.6. The molecular formula is C34H33Cl2N5O2. The maximum atomic E-state index is 14.5. The molecule has 1 aliphatic heterocycles. The maximum Gasteiger partial charge on any atom is 0.274 e. The van der Waals surface area contributed by atoms with E-state index in [0.717, 1.165) is 11.1 Å². The summed E-state index contributed by atoms with van der Waals surface area (Å²) in [6.45, 7) is 21.1. The highest BCUT2D eigenvalue weighted by Crippen LogP contribution is 2.44. The van der Waals surface area contributed by atoms with Crippen molar-refractivity contribution in [3.05, 3.63) is 104 Å². The van der Waals surface area contributed by atoms with Crippen molar-refractivity contribution in [1.82, 2.24) is 9.47 Å². The molecule has 7 nitrogen and oxygen atoms in total. The van der Waals surface area contributed by atoms with Crippen molar-refractivity contribution in [2.75, 3.05) is 30.3 Å². The number of aromatic nitrogens is 1. The Balaban J connectivity index is 1.89. The van der Waals surface area contributed by atoms with Crippen LogP contribution in [0.4, 0.5) is 17.1 Å². The summed E-state index contributed by atoms with van der Waals surface area (Å²) < 4.78 is 1.62. The van der Waals surface area contributed by atoms with Crippen molar-refractivity contribution in [1.29, 1.82) is 0 Å². The summed E-state index contributed by atoms with van der Waals surface area (Å²) in [7, 11) is 0. The molecule has 4 aromatic rings. The van der Waals surface area contributed by atoms with Gasteiger partial charge in [-0.05, 0) is 67.3 Å². The lowest BCUT2D eigenvalue weighted by atomic mass is 9.97. The minimum absolute atomic E-state index is 0.00309. The number of amides is 1. The normalized spacial score (nSPS) is 15.2. The van der Waals surface area contributed by atoms with Crippen LogP contribution in [0.15, 0.2) is 66.0 Å². The Hall–Kier alpha value is -4.25. The standard InChI is InChI=1S/C34H33Cl2N5O2/c1-7-30(42)39-12-13-40(21(5)18-39)33-26-16-27(36)24(25-15-22(35)14-20(4)31(25)37)17-29(26)41(34(43)32(33)38-6)28-11-9-8-10-23(28)19(2)3/h7-11,14-17,19,21H,1,12-13,18,37H2,2-5H3/t21-/m0/s1. The summed E-state index contributed by atoms with van der Waals surface area (Å²) in [5.41, 5.74) is 11.5. The molecule has 1 saturated heterocycles. The summed E-state index contributed by atoms with van der Waals surface area (Å²) >= 11 is 13.5. The zero-order valence-corrected chi connectivity index (χ0v) is 26.1. The first-order valence-corrected chi connectivity index (χ1v) is 14.9. The Morgan fingerprint density at radius 2 is 1.86 bits per heavy atom. The third-order valence-corrected chi connectivity index (χ3v) is 8.70. The number of para-hydroxylation sites is 1. The lowest BCUT2D eigenvalue weighted by molar-refractivity contribution is -0.126. The van der Waals surface area contributed by atoms with Gasteiger partial charge in [-0.15, -0.1) is 0 Å². The topological polar surface area (TPSA) is 75.9 Å². The molecule has 5 rings (SSSR count). The SMILES string of the molecule is [C-]#[N+]c1c(N2CCN(C(=O)C=C)C[C@@H]2C)c2cc(Cl)c(-c3cc(Cl)cc(C)c3N)cc2n(-c2ccccc2C(C)C)c1=O. The number of hydrogen-bond acceptors (Lipinski definition) is 4. The number of rotatable bonds is 5. The largest absolute Gasteiger partial charge is 0.398 e. The smallest absolute Gasteiger partial charge is 0.274 e. The number of nitrogen functional groups attached to an aromatic ring is 1. The van der Waals surface area contributed by atoms with Crippen LogP contribution in [0.5, 0.6) is 0 Å². The van der Waals surface area contributed by atoms with E-state index >= 15 is 0 Å². The van der Waals surface area contributed by atoms with Gasteiger partial charge in [0.15, 0.2) is 0 Å². The number of hydrogen-bond donors (Lipinski definition) is 1. The molecule has 1 aliphatic rings. The Morgan fingerprint density at radius 3 is 2.51 bits per heavy atom. The van der Waals surface area contributed by atoms with E-state index in [-0.39, 0.29) is 23.6 Å². The Labute approximate surface area is 261 Å². The summed E-state index contributed by atoms with van der Waals surface area (Å²) in [6, 6.07) is 14.8. The van der Waals surface area contributed by atoms with Gasteiger partial charge < -0.3 is 15.5 Å². The first-order valence-electron chi connectivity index (χ1n) is 14.1. The van der Waals surface area contributed by atoms with Gasteiger partial charge in [0.2, 0.25) is 5.91 Å². The molecule has 9 heteroatoms. The van der Waals surface area contributed by atoms with Gasteiger partial charge in [0.25, 0.3) is 11.2 Å². The molecule has 1 aromatic heterocycles. The number of anilines is 2. The predicted octanol–water partition coefficient (Wildman–Crippen LogP) is 7.75. The lowest BCUT2D eigenvalue weighted by Gasteiger charge is -2.42. The van der Waals surface area contributed by atoms with Crippen LogP contribution < -0.4 is 16.2 Å². The fourth-order valence-electron chi connectivity index (χ4n) is 5.99. The van der Waals surface area contributed by atoms with Gasteiger partial charge in [-0.2, -0.15) is 0 Å². The van der Waals surface area contributed by atoms with E-state index in [9.17, 15) is 9.59 Å². The van der Waals surface area contributed by atoms with Crippen LogP contribution in [-0.2, 0) is 4.79 Å². The minimum Gasteiger partial charge on any atom is -0.398 e. The van der Waals surface area contributed by atoms with Crippen molar-refractivity contribution in [2.45, 2.75) is 39.7 Å². The third kappa shape index (κ3) is 5.26. The van der Waals surface area contributed by atoms with Gasteiger partial charge in [-0.3, -0.25) is 14.2 Å². The Kier molecular flexibility index (Phi) is 8.29. The van der Waals surface area contributed by atoms with Gasteiger partial charge in [0.05, 0.1) is 23.5 Å². The Morgan fingerprint density at radius 1 is 1.14 bits per heavy atom. The van der Waals surface area contributed by atoms with Gasteiger partial charge in [0, 0.05) is 57.9 Å². The van der Waals surface area contributed by atoms with E-state index in [0.29, 0.717) is 68.8 Å². The highest BCUT2D eigenvalue weighted by molar-refractivity contribution is 6.35. The van der Waals surface area contributed by atoms with Gasteiger partial charge in [-0.25, -0.2) is 4.85 Å². The second-order valence-corrected chi connectivity index (χ2v) is 12.1. The molecule has 0 radical (unpaired) electrons. The number of aryl methyl sites for hydroxylation is 1. The van der Waals surface area contributed by atoms with E-state index < -0.39 is 5.56 Å². The fourth-order valence-corrected chi connectivity index (χ4v) is 6.53. The van der Waals surface area contributed by atoms with E-state index in [4.69, 9.17) is 35.5 Å². The number of nitrogens with two attached hydrogens (primary N) is 1. The second-order valence-electron chi connectivity index (χ2n) is 11.2. The number of nitrogens with zero attached hydrogens (tertiary/aromatic N) is 4. The number of pyridine rings is 1. The summed E-state index contributed by atoms with van der Waals surface area (Å²) in [6.07, 6.45) is 1.31.